The van der Waals surface area contributed by atoms with Gasteiger partial charge in [-0.15, -0.1) is 13.2 Å². The molecule has 1 heterocycles. The summed E-state index contributed by atoms with van der Waals surface area (Å²) in [4.78, 5) is 0. The fourth-order valence-electron chi connectivity index (χ4n) is 1.01. The molecule has 0 spiro atoms. The maximum Gasteiger partial charge on any atom is 0.537 e. The third-order valence-electron chi connectivity index (χ3n) is 1.73. The Morgan fingerprint density at radius 2 is 1.72 bits per heavy atom. The number of rotatable bonds is 4. The van der Waals surface area contributed by atoms with Gasteiger partial charge in [0.2, 0.25) is 0 Å². The van der Waals surface area contributed by atoms with Crippen LogP contribution in [0.5, 0.6) is 0 Å². The molecule has 104 valence electrons. The van der Waals surface area contributed by atoms with Crippen LogP contribution in [0.2, 0.25) is 0 Å². The van der Waals surface area contributed by atoms with E-state index in [-0.39, 0.29) is 0 Å². The van der Waals surface area contributed by atoms with E-state index in [0.717, 1.165) is 6.54 Å². The van der Waals surface area contributed by atoms with E-state index in [1.807, 2.05) is 6.07 Å². The van der Waals surface area contributed by atoms with Gasteiger partial charge in [-0.1, -0.05) is 19.4 Å². The second-order valence-electron chi connectivity index (χ2n) is 3.23. The zero-order chi connectivity index (χ0) is 14.0. The van der Waals surface area contributed by atoms with Gasteiger partial charge in [-0.2, -0.15) is 4.18 Å². The summed E-state index contributed by atoms with van der Waals surface area (Å²) >= 11 is 0. The molecule has 0 amide bonds. The van der Waals surface area contributed by atoms with Crippen molar-refractivity contribution in [2.75, 3.05) is 0 Å². The van der Waals surface area contributed by atoms with Crippen LogP contribution in [0, 0.1) is 0 Å². The maximum absolute atomic E-state index is 10.7. The number of halogens is 3. The molecule has 0 aliphatic rings. The fraction of sp³-hybridized carbons (Fsp3) is 0.500. The van der Waals surface area contributed by atoms with Gasteiger partial charge in [-0.25, -0.2) is 13.0 Å². The Labute approximate surface area is 105 Å². The zero-order valence-corrected chi connectivity index (χ0v) is 10.7. The van der Waals surface area contributed by atoms with Crippen LogP contribution in [0.15, 0.2) is 30.6 Å². The van der Waals surface area contributed by atoms with Crippen molar-refractivity contribution in [3.8, 4) is 0 Å². The molecule has 0 radical (unpaired) electrons. The SMILES string of the molecule is CCCC[n+]1ccccc1.O=[SH](=O)OC(F)(F)F. The zero-order valence-electron chi connectivity index (χ0n) is 9.76. The minimum Gasteiger partial charge on any atom is -0.205 e. The molecule has 18 heavy (non-hydrogen) atoms. The monoisotopic (exact) mass is 286 g/mol. The van der Waals surface area contributed by atoms with Crippen LogP contribution in [0.4, 0.5) is 13.2 Å². The van der Waals surface area contributed by atoms with E-state index in [1.54, 1.807) is 0 Å². The van der Waals surface area contributed by atoms with Gasteiger partial charge in [-0.05, 0) is 0 Å². The van der Waals surface area contributed by atoms with Crippen molar-refractivity contribution >= 4 is 11.0 Å². The summed E-state index contributed by atoms with van der Waals surface area (Å²) in [6.07, 6.45) is 1.68. The number of hydrogen-bond acceptors (Lipinski definition) is 3. The van der Waals surface area contributed by atoms with Crippen LogP contribution in [-0.4, -0.2) is 14.8 Å². The highest BCUT2D eigenvalue weighted by Gasteiger charge is 2.30. The summed E-state index contributed by atoms with van der Waals surface area (Å²) in [5.74, 6) is 0. The first-order valence-corrected chi connectivity index (χ1v) is 6.29. The molecule has 0 saturated heterocycles. The van der Waals surface area contributed by atoms with Crippen molar-refractivity contribution in [2.45, 2.75) is 32.7 Å². The van der Waals surface area contributed by atoms with Crippen molar-refractivity contribution < 1.29 is 30.3 Å². The Balaban J connectivity index is 0.000000331. The Morgan fingerprint density at radius 3 is 2.06 bits per heavy atom. The van der Waals surface area contributed by atoms with E-state index in [9.17, 15) is 13.2 Å². The van der Waals surface area contributed by atoms with Crippen LogP contribution >= 0.6 is 0 Å². The lowest BCUT2D eigenvalue weighted by molar-refractivity contribution is -0.697. The lowest BCUT2D eigenvalue weighted by Gasteiger charge is -1.96. The van der Waals surface area contributed by atoms with Gasteiger partial charge in [0, 0.05) is 18.6 Å². The Bertz CT molecular complexity index is 385. The van der Waals surface area contributed by atoms with Crippen molar-refractivity contribution in [3.05, 3.63) is 30.6 Å². The van der Waals surface area contributed by atoms with E-state index in [1.165, 1.54) is 12.8 Å². The van der Waals surface area contributed by atoms with E-state index in [0.29, 0.717) is 0 Å². The summed E-state index contributed by atoms with van der Waals surface area (Å²) in [6.45, 7) is 3.36. The third-order valence-corrected chi connectivity index (χ3v) is 2.08. The molecular formula is C10H15F3NO3S+. The Kier molecular flexibility index (Phi) is 8.30. The first-order valence-electron chi connectivity index (χ1n) is 5.19. The number of alkyl halides is 3. The standard InChI is InChI=1S/C9H14N.CHF3O3S/c1-2-3-7-10-8-5-4-6-9-10;2-1(3,4)7-8(5)6/h4-6,8-9H,2-3,7H2,1H3;8H/q+1;. The highest BCUT2D eigenvalue weighted by Crippen LogP contribution is 2.15. The van der Waals surface area contributed by atoms with Crippen LogP contribution in [0.25, 0.3) is 0 Å². The Hall–Kier alpha value is -1.15. The van der Waals surface area contributed by atoms with Crippen molar-refractivity contribution in [2.24, 2.45) is 0 Å². The molecule has 0 bridgehead atoms. The molecule has 1 aromatic heterocycles. The minimum atomic E-state index is -5.07. The van der Waals surface area contributed by atoms with Crippen molar-refractivity contribution in [3.63, 3.8) is 0 Å². The second-order valence-corrected chi connectivity index (χ2v) is 3.86. The molecular weight excluding hydrogens is 271 g/mol. The number of nitrogens with zero attached hydrogens (tertiary/aromatic N) is 1. The van der Waals surface area contributed by atoms with Crippen LogP contribution in [-0.2, 0) is 21.7 Å². The predicted octanol–water partition coefficient (Wildman–Crippen LogP) is 1.82. The summed E-state index contributed by atoms with van der Waals surface area (Å²) < 4.78 is 54.9. The van der Waals surface area contributed by atoms with Crippen LogP contribution < -0.4 is 4.57 Å². The predicted molar refractivity (Wildman–Crippen MR) is 59.0 cm³/mol. The molecule has 0 fully saturated rings. The molecule has 0 unspecified atom stereocenters. The topological polar surface area (TPSA) is 47.2 Å². The Morgan fingerprint density at radius 1 is 1.17 bits per heavy atom. The molecule has 8 heteroatoms. The van der Waals surface area contributed by atoms with E-state index in [4.69, 9.17) is 8.42 Å². The first kappa shape index (κ1) is 16.9. The number of unbranched alkanes of at least 4 members (excludes halogenated alkanes) is 1. The molecule has 0 N–H and O–H groups in total. The molecule has 0 atom stereocenters. The van der Waals surface area contributed by atoms with Gasteiger partial charge in [-0.3, -0.25) is 0 Å². The van der Waals surface area contributed by atoms with E-state index >= 15 is 0 Å². The average Bonchev–Trinajstić information content (AvgIpc) is 2.25. The second kappa shape index (κ2) is 8.87. The van der Waals surface area contributed by atoms with Gasteiger partial charge < -0.3 is 0 Å². The molecule has 0 aromatic carbocycles. The van der Waals surface area contributed by atoms with Gasteiger partial charge in [0.15, 0.2) is 12.4 Å². The highest BCUT2D eigenvalue weighted by atomic mass is 32.2. The third kappa shape index (κ3) is 11.3. The highest BCUT2D eigenvalue weighted by molar-refractivity contribution is 7.67. The summed E-state index contributed by atoms with van der Waals surface area (Å²) in [5.41, 5.74) is 0. The molecule has 0 saturated carbocycles. The largest absolute Gasteiger partial charge is 0.537 e. The van der Waals surface area contributed by atoms with Crippen molar-refractivity contribution in [1.29, 1.82) is 0 Å². The quantitative estimate of drug-likeness (QED) is 0.678. The van der Waals surface area contributed by atoms with E-state index in [2.05, 4.69) is 40.2 Å². The van der Waals surface area contributed by atoms with Gasteiger partial charge in [0.25, 0.3) is 11.0 Å². The summed E-state index contributed by atoms with van der Waals surface area (Å²) in [6, 6.07) is 6.17. The van der Waals surface area contributed by atoms with Crippen LogP contribution in [0.3, 0.4) is 0 Å². The number of pyridine rings is 1. The minimum absolute atomic E-state index is 1.15. The number of aryl methyl sites for hydroxylation is 1. The molecule has 4 nitrogen and oxygen atoms in total. The smallest absolute Gasteiger partial charge is 0.205 e. The first-order chi connectivity index (χ1) is 8.35. The van der Waals surface area contributed by atoms with E-state index < -0.39 is 17.3 Å². The number of hydrogen-bond donors (Lipinski definition) is 1. The normalized spacial score (nSPS) is 10.9. The number of aromatic nitrogens is 1. The molecule has 1 rings (SSSR count). The maximum atomic E-state index is 10.7. The van der Waals surface area contributed by atoms with Gasteiger partial charge >= 0.3 is 6.36 Å². The van der Waals surface area contributed by atoms with Crippen LogP contribution in [0.1, 0.15) is 19.8 Å². The van der Waals surface area contributed by atoms with Gasteiger partial charge in [0.05, 0.1) is 0 Å². The fourth-order valence-corrected chi connectivity index (χ4v) is 1.18. The van der Waals surface area contributed by atoms with Crippen molar-refractivity contribution in [1.82, 2.24) is 0 Å². The number of thiol groups is 1. The lowest BCUT2D eigenvalue weighted by Crippen LogP contribution is -2.31. The average molecular weight is 286 g/mol. The lowest BCUT2D eigenvalue weighted by atomic mass is 10.3. The van der Waals surface area contributed by atoms with Gasteiger partial charge in [0.1, 0.15) is 6.54 Å². The summed E-state index contributed by atoms with van der Waals surface area (Å²) in [5, 5.41) is 0. The summed E-state index contributed by atoms with van der Waals surface area (Å²) in [7, 11) is -3.81. The molecule has 0 aliphatic carbocycles. The molecule has 0 aliphatic heterocycles. The molecule has 1 aromatic rings.